The van der Waals surface area contributed by atoms with Gasteiger partial charge in [0.2, 0.25) is 5.91 Å². The highest BCUT2D eigenvalue weighted by atomic mass is 16.5. The molecular weight excluding hydrogens is 266 g/mol. The Morgan fingerprint density at radius 2 is 2.19 bits per heavy atom. The first-order valence-corrected chi connectivity index (χ1v) is 6.70. The Labute approximate surface area is 122 Å². The van der Waals surface area contributed by atoms with Crippen LogP contribution in [0.15, 0.2) is 24.3 Å². The van der Waals surface area contributed by atoms with E-state index in [1.165, 1.54) is 0 Å². The Kier molecular flexibility index (Phi) is 3.36. The standard InChI is InChI=1S/C16H15N3O2/c1-3-8-21-12-6-4-11(5-7-12)13-9-14(20)17-16-15(13)10(2)18-19-16/h1,4-7,13H,8-9H2,2H3,(H2,17,18,19,20)/t13-/m0/s1. The van der Waals surface area contributed by atoms with Crippen molar-refractivity contribution < 1.29 is 9.53 Å². The zero-order valence-electron chi connectivity index (χ0n) is 11.6. The predicted octanol–water partition coefficient (Wildman–Crippen LogP) is 2.20. The number of terminal acetylenes is 1. The summed E-state index contributed by atoms with van der Waals surface area (Å²) in [5, 5.41) is 9.86. The van der Waals surface area contributed by atoms with Crippen molar-refractivity contribution in [2.24, 2.45) is 0 Å². The zero-order valence-corrected chi connectivity index (χ0v) is 11.6. The molecule has 0 unspecified atom stereocenters. The van der Waals surface area contributed by atoms with Gasteiger partial charge in [-0.25, -0.2) is 0 Å². The molecule has 21 heavy (non-hydrogen) atoms. The number of hydrogen-bond donors (Lipinski definition) is 2. The molecule has 5 nitrogen and oxygen atoms in total. The molecular formula is C16H15N3O2. The fraction of sp³-hybridized carbons (Fsp3) is 0.250. The zero-order chi connectivity index (χ0) is 14.8. The van der Waals surface area contributed by atoms with Crippen LogP contribution in [0.5, 0.6) is 5.75 Å². The molecule has 1 amide bonds. The summed E-state index contributed by atoms with van der Waals surface area (Å²) in [5.74, 6) is 3.77. The Bertz CT molecular complexity index is 710. The topological polar surface area (TPSA) is 67.0 Å². The highest BCUT2D eigenvalue weighted by molar-refractivity contribution is 5.94. The average Bonchev–Trinajstić information content (AvgIpc) is 2.86. The van der Waals surface area contributed by atoms with Gasteiger partial charge in [0, 0.05) is 23.6 Å². The summed E-state index contributed by atoms with van der Waals surface area (Å²) < 4.78 is 5.36. The van der Waals surface area contributed by atoms with Crippen molar-refractivity contribution in [1.82, 2.24) is 10.2 Å². The number of aryl methyl sites for hydroxylation is 1. The Balaban J connectivity index is 1.91. The van der Waals surface area contributed by atoms with E-state index in [1.54, 1.807) is 0 Å². The van der Waals surface area contributed by atoms with E-state index in [-0.39, 0.29) is 18.4 Å². The number of fused-ring (bicyclic) bond motifs is 1. The number of ether oxygens (including phenoxy) is 1. The minimum absolute atomic E-state index is 0.00850. The first kappa shape index (κ1) is 13.3. The number of aromatic nitrogens is 2. The van der Waals surface area contributed by atoms with Crippen molar-refractivity contribution in [2.75, 3.05) is 11.9 Å². The van der Waals surface area contributed by atoms with Gasteiger partial charge in [0.1, 0.15) is 12.4 Å². The van der Waals surface area contributed by atoms with E-state index in [1.807, 2.05) is 31.2 Å². The van der Waals surface area contributed by atoms with Crippen LogP contribution in [0, 0.1) is 19.3 Å². The van der Waals surface area contributed by atoms with E-state index in [0.29, 0.717) is 12.2 Å². The third kappa shape index (κ3) is 2.48. The predicted molar refractivity (Wildman–Crippen MR) is 79.2 cm³/mol. The molecule has 0 aliphatic carbocycles. The van der Waals surface area contributed by atoms with E-state index < -0.39 is 0 Å². The second-order valence-electron chi connectivity index (χ2n) is 4.98. The number of nitrogens with one attached hydrogen (secondary N) is 2. The first-order valence-electron chi connectivity index (χ1n) is 6.70. The van der Waals surface area contributed by atoms with E-state index in [4.69, 9.17) is 11.2 Å². The first-order chi connectivity index (χ1) is 10.2. The lowest BCUT2D eigenvalue weighted by Gasteiger charge is -2.23. The molecule has 0 saturated carbocycles. The van der Waals surface area contributed by atoms with Gasteiger partial charge >= 0.3 is 0 Å². The van der Waals surface area contributed by atoms with E-state index in [9.17, 15) is 4.79 Å². The minimum atomic E-state index is -0.0216. The molecule has 2 heterocycles. The molecule has 1 atom stereocenters. The molecule has 0 bridgehead atoms. The van der Waals surface area contributed by atoms with Gasteiger partial charge in [0.05, 0.1) is 0 Å². The lowest BCUT2D eigenvalue weighted by Crippen LogP contribution is -2.23. The van der Waals surface area contributed by atoms with Crippen LogP contribution in [0.4, 0.5) is 5.82 Å². The third-order valence-corrected chi connectivity index (χ3v) is 3.59. The van der Waals surface area contributed by atoms with Crippen LogP contribution in [-0.2, 0) is 4.79 Å². The van der Waals surface area contributed by atoms with Crippen LogP contribution in [-0.4, -0.2) is 22.7 Å². The summed E-state index contributed by atoms with van der Waals surface area (Å²) in [6.07, 6.45) is 5.58. The molecule has 0 fully saturated rings. The summed E-state index contributed by atoms with van der Waals surface area (Å²) >= 11 is 0. The number of hydrogen-bond acceptors (Lipinski definition) is 3. The number of aromatic amines is 1. The van der Waals surface area contributed by atoms with E-state index in [0.717, 1.165) is 22.6 Å². The van der Waals surface area contributed by atoms with Crippen molar-refractivity contribution in [3.05, 3.63) is 41.1 Å². The van der Waals surface area contributed by atoms with Crippen molar-refractivity contribution in [3.63, 3.8) is 0 Å². The quantitative estimate of drug-likeness (QED) is 0.848. The molecule has 0 spiro atoms. The normalized spacial score (nSPS) is 16.8. The SMILES string of the molecule is C#CCOc1ccc([C@@H]2CC(=O)Nc3n[nH]c(C)c32)cc1. The number of amides is 1. The van der Waals surface area contributed by atoms with Gasteiger partial charge in [-0.1, -0.05) is 18.1 Å². The maximum absolute atomic E-state index is 11.8. The number of carbonyl (C=O) groups excluding carboxylic acids is 1. The van der Waals surface area contributed by atoms with Gasteiger partial charge in [-0.15, -0.1) is 6.42 Å². The van der Waals surface area contributed by atoms with Gasteiger partial charge in [0.15, 0.2) is 5.82 Å². The number of rotatable bonds is 3. The number of anilines is 1. The second-order valence-corrected chi connectivity index (χ2v) is 4.98. The molecule has 1 aromatic heterocycles. The molecule has 2 aromatic rings. The van der Waals surface area contributed by atoms with Crippen molar-refractivity contribution in [2.45, 2.75) is 19.3 Å². The van der Waals surface area contributed by atoms with Gasteiger partial charge in [-0.05, 0) is 24.6 Å². The number of nitrogens with zero attached hydrogens (tertiary/aromatic N) is 1. The maximum atomic E-state index is 11.8. The van der Waals surface area contributed by atoms with Crippen LogP contribution in [0.2, 0.25) is 0 Å². The summed E-state index contributed by atoms with van der Waals surface area (Å²) in [7, 11) is 0. The van der Waals surface area contributed by atoms with E-state index in [2.05, 4.69) is 21.4 Å². The van der Waals surface area contributed by atoms with Gasteiger partial charge in [-0.2, -0.15) is 5.10 Å². The molecule has 0 saturated heterocycles. The molecule has 1 aliphatic rings. The van der Waals surface area contributed by atoms with Crippen LogP contribution in [0.1, 0.15) is 29.2 Å². The van der Waals surface area contributed by atoms with Gasteiger partial charge in [-0.3, -0.25) is 9.89 Å². The fourth-order valence-electron chi connectivity index (χ4n) is 2.64. The summed E-state index contributed by atoms with van der Waals surface area (Å²) in [5.41, 5.74) is 3.08. The minimum Gasteiger partial charge on any atom is -0.481 e. The smallest absolute Gasteiger partial charge is 0.226 e. The summed E-state index contributed by atoms with van der Waals surface area (Å²) in [4.78, 5) is 11.8. The van der Waals surface area contributed by atoms with Gasteiger partial charge < -0.3 is 10.1 Å². The Hall–Kier alpha value is -2.74. The summed E-state index contributed by atoms with van der Waals surface area (Å²) in [6.45, 7) is 2.21. The fourth-order valence-corrected chi connectivity index (χ4v) is 2.64. The maximum Gasteiger partial charge on any atom is 0.226 e. The molecule has 5 heteroatoms. The molecule has 106 valence electrons. The van der Waals surface area contributed by atoms with Crippen molar-refractivity contribution in [3.8, 4) is 18.1 Å². The average molecular weight is 281 g/mol. The number of benzene rings is 1. The number of carbonyl (C=O) groups is 1. The van der Waals surface area contributed by atoms with Crippen LogP contribution in [0.25, 0.3) is 0 Å². The second kappa shape index (κ2) is 5.33. The van der Waals surface area contributed by atoms with Crippen LogP contribution < -0.4 is 10.1 Å². The van der Waals surface area contributed by atoms with Crippen LogP contribution in [0.3, 0.4) is 0 Å². The molecule has 2 N–H and O–H groups in total. The molecule has 1 aromatic carbocycles. The van der Waals surface area contributed by atoms with Crippen molar-refractivity contribution >= 4 is 11.7 Å². The monoisotopic (exact) mass is 281 g/mol. The molecule has 3 rings (SSSR count). The third-order valence-electron chi connectivity index (χ3n) is 3.59. The highest BCUT2D eigenvalue weighted by Gasteiger charge is 2.30. The van der Waals surface area contributed by atoms with Crippen LogP contribution >= 0.6 is 0 Å². The van der Waals surface area contributed by atoms with Gasteiger partial charge in [0.25, 0.3) is 0 Å². The van der Waals surface area contributed by atoms with E-state index >= 15 is 0 Å². The lowest BCUT2D eigenvalue weighted by atomic mass is 9.86. The van der Waals surface area contributed by atoms with Crippen molar-refractivity contribution in [1.29, 1.82) is 0 Å². The largest absolute Gasteiger partial charge is 0.481 e. The number of H-pyrrole nitrogens is 1. The lowest BCUT2D eigenvalue weighted by molar-refractivity contribution is -0.116. The Morgan fingerprint density at radius 1 is 1.43 bits per heavy atom. The Morgan fingerprint density at radius 3 is 2.90 bits per heavy atom. The highest BCUT2D eigenvalue weighted by Crippen LogP contribution is 2.38. The summed E-state index contributed by atoms with van der Waals surface area (Å²) in [6, 6.07) is 7.67. The molecule has 0 radical (unpaired) electrons. The molecule has 1 aliphatic heterocycles.